The molecular weight excluding hydrogens is 656 g/mol. The van der Waals surface area contributed by atoms with Gasteiger partial charge >= 0.3 is 11.6 Å². The number of fused-ring (bicyclic) bond motifs is 1. The van der Waals surface area contributed by atoms with Crippen LogP contribution in [0.2, 0.25) is 0 Å². The van der Waals surface area contributed by atoms with E-state index in [0.717, 1.165) is 16.7 Å². The lowest BCUT2D eigenvalue weighted by atomic mass is 10.0. The highest BCUT2D eigenvalue weighted by atomic mass is 79.9. The molecule has 0 saturated carbocycles. The minimum atomic E-state index is -3.76. The van der Waals surface area contributed by atoms with Gasteiger partial charge in [0.15, 0.2) is 0 Å². The molecule has 1 amide bonds. The first-order chi connectivity index (χ1) is 21.5. The third kappa shape index (κ3) is 7.67. The van der Waals surface area contributed by atoms with E-state index in [0.29, 0.717) is 46.2 Å². The SMILES string of the molecule is Cc1ccc(S(=O)(=O)NCc2cc(Br)c3nc(Nc4ccccc4CCC(=O)N(C)Cc4ccccc4)oc(=O)c3c2C)cc1. The number of amides is 1. The lowest BCUT2D eigenvalue weighted by molar-refractivity contribution is -0.130. The lowest BCUT2D eigenvalue weighted by Gasteiger charge is -2.18. The van der Waals surface area contributed by atoms with Gasteiger partial charge in [0.05, 0.1) is 15.8 Å². The monoisotopic (exact) mass is 688 g/mol. The van der Waals surface area contributed by atoms with Crippen molar-refractivity contribution < 1.29 is 17.6 Å². The molecule has 5 aromatic rings. The number of aryl methyl sites for hydroxylation is 3. The summed E-state index contributed by atoms with van der Waals surface area (Å²) < 4.78 is 34.4. The van der Waals surface area contributed by atoms with Crippen LogP contribution in [-0.2, 0) is 34.3 Å². The van der Waals surface area contributed by atoms with Crippen molar-refractivity contribution in [2.75, 3.05) is 12.4 Å². The van der Waals surface area contributed by atoms with Gasteiger partial charge in [-0.1, -0.05) is 66.2 Å². The molecule has 0 aliphatic heterocycles. The smallest absolute Gasteiger partial charge is 0.348 e. The van der Waals surface area contributed by atoms with Gasteiger partial charge in [-0.25, -0.2) is 17.9 Å². The van der Waals surface area contributed by atoms with Crippen LogP contribution in [0.3, 0.4) is 0 Å². The molecule has 5 rings (SSSR count). The number of benzene rings is 4. The summed E-state index contributed by atoms with van der Waals surface area (Å²) in [4.78, 5) is 32.5. The minimum absolute atomic E-state index is 0.000367. The predicted molar refractivity (Wildman–Crippen MR) is 179 cm³/mol. The van der Waals surface area contributed by atoms with Crippen LogP contribution in [0.15, 0.2) is 104 Å². The van der Waals surface area contributed by atoms with E-state index < -0.39 is 15.6 Å². The second kappa shape index (κ2) is 13.8. The van der Waals surface area contributed by atoms with Crippen LogP contribution in [0.5, 0.6) is 0 Å². The summed E-state index contributed by atoms with van der Waals surface area (Å²) in [5, 5.41) is 3.36. The van der Waals surface area contributed by atoms with Gasteiger partial charge in [-0.2, -0.15) is 4.98 Å². The van der Waals surface area contributed by atoms with Gasteiger partial charge in [0.1, 0.15) is 0 Å². The van der Waals surface area contributed by atoms with Crippen molar-refractivity contribution in [3.05, 3.63) is 128 Å². The number of rotatable bonds is 11. The second-order valence-corrected chi connectivity index (χ2v) is 13.4. The zero-order chi connectivity index (χ0) is 32.1. The number of nitrogens with zero attached hydrogens (tertiary/aromatic N) is 2. The molecule has 1 aromatic heterocycles. The van der Waals surface area contributed by atoms with E-state index >= 15 is 0 Å². The van der Waals surface area contributed by atoms with Crippen LogP contribution in [0.4, 0.5) is 11.7 Å². The maximum absolute atomic E-state index is 13.2. The van der Waals surface area contributed by atoms with Crippen molar-refractivity contribution in [3.8, 4) is 0 Å². The first-order valence-corrected chi connectivity index (χ1v) is 16.6. The zero-order valence-electron chi connectivity index (χ0n) is 25.1. The summed E-state index contributed by atoms with van der Waals surface area (Å²) >= 11 is 3.51. The first kappa shape index (κ1) is 32.1. The fourth-order valence-corrected chi connectivity index (χ4v) is 6.54. The number of carbonyl (C=O) groups excluding carboxylic acids is 1. The van der Waals surface area contributed by atoms with Crippen LogP contribution in [0.25, 0.3) is 10.9 Å². The standard InChI is InChI=1S/C34H33BrN4O5S/c1-22-13-16-27(17-14-22)45(42,43)36-20-26-19-28(35)32-31(23(26)2)33(41)44-34(38-32)37-29-12-8-7-11-25(29)15-18-30(40)39(3)21-24-9-5-4-6-10-24/h4-14,16-17,19,36H,15,18,20-21H2,1-3H3,(H,37,38). The summed E-state index contributed by atoms with van der Waals surface area (Å²) in [7, 11) is -1.97. The second-order valence-electron chi connectivity index (χ2n) is 10.8. The first-order valence-electron chi connectivity index (χ1n) is 14.3. The van der Waals surface area contributed by atoms with Crippen LogP contribution in [0, 0.1) is 13.8 Å². The molecule has 0 spiro atoms. The van der Waals surface area contributed by atoms with Crippen LogP contribution in [-0.4, -0.2) is 31.3 Å². The fourth-order valence-electron chi connectivity index (χ4n) is 4.97. The topological polar surface area (TPSA) is 122 Å². The molecule has 0 saturated heterocycles. The number of halogens is 1. The van der Waals surface area contributed by atoms with E-state index in [4.69, 9.17) is 4.42 Å². The minimum Gasteiger partial charge on any atom is -0.388 e. The van der Waals surface area contributed by atoms with Crippen LogP contribution < -0.4 is 15.7 Å². The number of hydrogen-bond donors (Lipinski definition) is 2. The third-order valence-corrected chi connectivity index (χ3v) is 9.59. The van der Waals surface area contributed by atoms with Gasteiger partial charge in [0.2, 0.25) is 15.9 Å². The molecule has 0 unspecified atom stereocenters. The van der Waals surface area contributed by atoms with Crippen molar-refractivity contribution in [3.63, 3.8) is 0 Å². The average Bonchev–Trinajstić information content (AvgIpc) is 3.02. The molecule has 9 nitrogen and oxygen atoms in total. The van der Waals surface area contributed by atoms with Crippen LogP contribution in [0.1, 0.15) is 34.2 Å². The summed E-state index contributed by atoms with van der Waals surface area (Å²) in [6, 6.07) is 25.6. The summed E-state index contributed by atoms with van der Waals surface area (Å²) in [5.41, 5.74) is 4.49. The predicted octanol–water partition coefficient (Wildman–Crippen LogP) is 6.38. The number of anilines is 2. The number of aromatic nitrogens is 1. The van der Waals surface area contributed by atoms with Gasteiger partial charge in [-0.05, 0) is 82.7 Å². The molecule has 0 aliphatic rings. The average molecular weight is 690 g/mol. The summed E-state index contributed by atoms with van der Waals surface area (Å²) in [5.74, 6) is 0.0142. The van der Waals surface area contributed by atoms with Crippen molar-refractivity contribution in [2.45, 2.75) is 44.7 Å². The van der Waals surface area contributed by atoms with Gasteiger partial charge in [-0.15, -0.1) is 0 Å². The highest BCUT2D eigenvalue weighted by Gasteiger charge is 2.19. The molecular formula is C34H33BrN4O5S. The van der Waals surface area contributed by atoms with E-state index in [2.05, 4.69) is 31.0 Å². The Kier molecular flexibility index (Phi) is 9.81. The van der Waals surface area contributed by atoms with Crippen molar-refractivity contribution in [1.82, 2.24) is 14.6 Å². The maximum Gasteiger partial charge on any atom is 0.348 e. The Hall–Kier alpha value is -4.32. The molecule has 2 N–H and O–H groups in total. The number of sulfonamides is 1. The largest absolute Gasteiger partial charge is 0.388 e. The molecule has 0 atom stereocenters. The Labute approximate surface area is 270 Å². The third-order valence-electron chi connectivity index (χ3n) is 7.57. The zero-order valence-corrected chi connectivity index (χ0v) is 27.5. The highest BCUT2D eigenvalue weighted by molar-refractivity contribution is 9.10. The Balaban J connectivity index is 1.32. The maximum atomic E-state index is 13.2. The fraction of sp³-hybridized carbons (Fsp3) is 0.206. The molecule has 0 aliphatic carbocycles. The van der Waals surface area contributed by atoms with Crippen LogP contribution >= 0.6 is 15.9 Å². The highest BCUT2D eigenvalue weighted by Crippen LogP contribution is 2.29. The number of para-hydroxylation sites is 1. The van der Waals surface area contributed by atoms with E-state index in [1.54, 1.807) is 49.2 Å². The normalized spacial score (nSPS) is 11.5. The molecule has 11 heteroatoms. The van der Waals surface area contributed by atoms with Crippen molar-refractivity contribution >= 4 is 54.5 Å². The molecule has 4 aromatic carbocycles. The Bertz CT molecular complexity index is 2010. The molecule has 0 fully saturated rings. The van der Waals surface area contributed by atoms with Gasteiger partial charge in [0, 0.05) is 36.7 Å². The number of hydrogen-bond acceptors (Lipinski definition) is 7. The molecule has 1 heterocycles. The summed E-state index contributed by atoms with van der Waals surface area (Å²) in [6.45, 7) is 4.12. The van der Waals surface area contributed by atoms with E-state index in [1.807, 2.05) is 61.5 Å². The molecule has 0 radical (unpaired) electrons. The molecule has 0 bridgehead atoms. The quantitative estimate of drug-likeness (QED) is 0.165. The Morgan fingerprint density at radius 1 is 0.956 bits per heavy atom. The van der Waals surface area contributed by atoms with E-state index in [1.165, 1.54) is 0 Å². The molecule has 232 valence electrons. The number of carbonyl (C=O) groups is 1. The molecule has 45 heavy (non-hydrogen) atoms. The van der Waals surface area contributed by atoms with Gasteiger partial charge in [0.25, 0.3) is 0 Å². The Morgan fingerprint density at radius 2 is 1.64 bits per heavy atom. The van der Waals surface area contributed by atoms with Gasteiger partial charge < -0.3 is 14.6 Å². The van der Waals surface area contributed by atoms with Crippen molar-refractivity contribution in [1.29, 1.82) is 0 Å². The van der Waals surface area contributed by atoms with Gasteiger partial charge in [-0.3, -0.25) is 4.79 Å². The van der Waals surface area contributed by atoms with E-state index in [9.17, 15) is 18.0 Å². The summed E-state index contributed by atoms with van der Waals surface area (Å²) in [6.07, 6.45) is 0.780. The number of nitrogens with one attached hydrogen (secondary N) is 2. The Morgan fingerprint density at radius 3 is 2.38 bits per heavy atom. The van der Waals surface area contributed by atoms with E-state index in [-0.39, 0.29) is 28.7 Å². The lowest BCUT2D eigenvalue weighted by Crippen LogP contribution is -2.26. The van der Waals surface area contributed by atoms with Crippen molar-refractivity contribution in [2.24, 2.45) is 0 Å².